The smallest absolute Gasteiger partial charge is 0.0631 e. The average molecular weight is 222 g/mol. The molecule has 0 bridgehead atoms. The number of aliphatic hydroxyl groups excluding tert-OH is 1. The van der Waals surface area contributed by atoms with E-state index in [1.165, 1.54) is 0 Å². The molecule has 1 fully saturated rings. The molecule has 1 saturated carbocycles. The topological polar surface area (TPSA) is 38.0 Å². The monoisotopic (exact) mass is 222 g/mol. The molecule has 1 aromatic rings. The van der Waals surface area contributed by atoms with Gasteiger partial charge in [0.2, 0.25) is 0 Å². The van der Waals surface area contributed by atoms with Gasteiger partial charge in [0.25, 0.3) is 0 Å². The Bertz CT molecular complexity index is 337. The maximum Gasteiger partial charge on any atom is 0.0631 e. The first-order valence-electron chi connectivity index (χ1n) is 6.38. The van der Waals surface area contributed by atoms with Gasteiger partial charge in [-0.05, 0) is 43.6 Å². The summed E-state index contributed by atoms with van der Waals surface area (Å²) >= 11 is 0. The van der Waals surface area contributed by atoms with E-state index in [0.717, 1.165) is 37.8 Å². The number of hydrogen-bond acceptors (Lipinski definition) is 2. The first-order valence-corrected chi connectivity index (χ1v) is 6.38. The Kier molecular flexibility index (Phi) is 3.33. The highest BCUT2D eigenvalue weighted by Gasteiger charge is 2.42. The molecule has 0 unspecified atom stereocenters. The number of nitrogens with zero attached hydrogens (tertiary/aromatic N) is 2. The van der Waals surface area contributed by atoms with Gasteiger partial charge in [0.15, 0.2) is 0 Å². The van der Waals surface area contributed by atoms with E-state index in [0.29, 0.717) is 12.6 Å². The third-order valence-electron chi connectivity index (χ3n) is 3.83. The largest absolute Gasteiger partial charge is 0.396 e. The van der Waals surface area contributed by atoms with Crippen molar-refractivity contribution < 1.29 is 5.11 Å². The second-order valence-corrected chi connectivity index (χ2v) is 5.09. The predicted octanol–water partition coefficient (Wildman–Crippen LogP) is 2.56. The molecule has 0 amide bonds. The van der Waals surface area contributed by atoms with Crippen LogP contribution in [0.25, 0.3) is 0 Å². The highest BCUT2D eigenvalue weighted by Crippen LogP contribution is 2.47. The summed E-state index contributed by atoms with van der Waals surface area (Å²) in [6.07, 6.45) is 7.59. The molecule has 3 heteroatoms. The van der Waals surface area contributed by atoms with Crippen molar-refractivity contribution >= 4 is 0 Å². The highest BCUT2D eigenvalue weighted by atomic mass is 16.3. The summed E-state index contributed by atoms with van der Waals surface area (Å²) < 4.78 is 2.09. The molecule has 16 heavy (non-hydrogen) atoms. The molecule has 0 aromatic carbocycles. The number of aromatic nitrogens is 2. The van der Waals surface area contributed by atoms with E-state index in [9.17, 15) is 5.11 Å². The molecular weight excluding hydrogens is 200 g/mol. The Hall–Kier alpha value is -0.830. The van der Waals surface area contributed by atoms with Gasteiger partial charge < -0.3 is 5.11 Å². The molecule has 1 aromatic heterocycles. The Morgan fingerprint density at radius 2 is 2.12 bits per heavy atom. The molecule has 1 heterocycles. The molecule has 3 nitrogen and oxygen atoms in total. The fourth-order valence-electron chi connectivity index (χ4n) is 2.29. The van der Waals surface area contributed by atoms with Crippen molar-refractivity contribution in [3.05, 3.63) is 18.0 Å². The Morgan fingerprint density at radius 3 is 2.62 bits per heavy atom. The van der Waals surface area contributed by atoms with Gasteiger partial charge in [0.05, 0.1) is 11.7 Å². The highest BCUT2D eigenvalue weighted by molar-refractivity contribution is 5.08. The van der Waals surface area contributed by atoms with E-state index in [1.54, 1.807) is 0 Å². The van der Waals surface area contributed by atoms with Crippen LogP contribution in [-0.2, 0) is 6.42 Å². The minimum absolute atomic E-state index is 0.174. The number of aliphatic hydroxyl groups is 1. The van der Waals surface area contributed by atoms with Crippen molar-refractivity contribution in [3.8, 4) is 0 Å². The van der Waals surface area contributed by atoms with E-state index >= 15 is 0 Å². The third kappa shape index (κ3) is 2.29. The van der Waals surface area contributed by atoms with Crippen LogP contribution in [0.4, 0.5) is 0 Å². The van der Waals surface area contributed by atoms with Crippen molar-refractivity contribution in [3.63, 3.8) is 0 Å². The lowest BCUT2D eigenvalue weighted by molar-refractivity contribution is 0.209. The molecule has 2 rings (SSSR count). The normalized spacial score (nSPS) is 18.0. The number of rotatable bonds is 6. The van der Waals surface area contributed by atoms with Gasteiger partial charge in [-0.1, -0.05) is 13.8 Å². The first-order chi connectivity index (χ1) is 7.73. The van der Waals surface area contributed by atoms with E-state index in [2.05, 4.69) is 35.9 Å². The van der Waals surface area contributed by atoms with Gasteiger partial charge in [-0.3, -0.25) is 4.68 Å². The van der Waals surface area contributed by atoms with Crippen LogP contribution in [0.5, 0.6) is 0 Å². The fraction of sp³-hybridized carbons (Fsp3) is 0.769. The molecule has 1 aliphatic rings. The standard InChI is InChI=1S/C13H22N2O/c1-3-12(4-2)15-8-5-11(14-15)9-13(10-16)6-7-13/h5,8,12,16H,3-4,6-7,9-10H2,1-2H3. The van der Waals surface area contributed by atoms with Gasteiger partial charge in [0, 0.05) is 12.8 Å². The van der Waals surface area contributed by atoms with Crippen LogP contribution in [-0.4, -0.2) is 21.5 Å². The number of hydrogen-bond donors (Lipinski definition) is 1. The van der Waals surface area contributed by atoms with Crippen molar-refractivity contribution in [1.29, 1.82) is 0 Å². The zero-order chi connectivity index (χ0) is 11.6. The lowest BCUT2D eigenvalue weighted by Gasteiger charge is -2.13. The van der Waals surface area contributed by atoms with Crippen LogP contribution < -0.4 is 0 Å². The molecule has 0 aliphatic heterocycles. The van der Waals surface area contributed by atoms with Crippen molar-refractivity contribution in [1.82, 2.24) is 9.78 Å². The minimum Gasteiger partial charge on any atom is -0.396 e. The van der Waals surface area contributed by atoms with Gasteiger partial charge in [-0.2, -0.15) is 5.10 Å². The average Bonchev–Trinajstić information content (AvgIpc) is 2.93. The lowest BCUT2D eigenvalue weighted by Crippen LogP contribution is -2.12. The SMILES string of the molecule is CCC(CC)n1ccc(CC2(CO)CC2)n1. The fourth-order valence-corrected chi connectivity index (χ4v) is 2.29. The van der Waals surface area contributed by atoms with Gasteiger partial charge in [-0.15, -0.1) is 0 Å². The maximum atomic E-state index is 9.29. The second-order valence-electron chi connectivity index (χ2n) is 5.09. The first kappa shape index (κ1) is 11.6. The summed E-state index contributed by atoms with van der Waals surface area (Å²) in [4.78, 5) is 0. The van der Waals surface area contributed by atoms with Crippen molar-refractivity contribution in [2.45, 2.75) is 52.0 Å². The van der Waals surface area contributed by atoms with Crippen LogP contribution in [0.1, 0.15) is 51.3 Å². The van der Waals surface area contributed by atoms with Gasteiger partial charge in [0.1, 0.15) is 0 Å². The van der Waals surface area contributed by atoms with E-state index in [1.807, 2.05) is 0 Å². The van der Waals surface area contributed by atoms with Gasteiger partial charge in [-0.25, -0.2) is 0 Å². The lowest BCUT2D eigenvalue weighted by atomic mass is 10.0. The summed E-state index contributed by atoms with van der Waals surface area (Å²) in [6, 6.07) is 2.63. The summed E-state index contributed by atoms with van der Waals surface area (Å²) in [5.74, 6) is 0. The Balaban J connectivity index is 2.02. The van der Waals surface area contributed by atoms with Crippen LogP contribution in [0.3, 0.4) is 0 Å². The summed E-state index contributed by atoms with van der Waals surface area (Å²) in [5, 5.41) is 13.9. The summed E-state index contributed by atoms with van der Waals surface area (Å²) in [6.45, 7) is 4.71. The van der Waals surface area contributed by atoms with Crippen molar-refractivity contribution in [2.75, 3.05) is 6.61 Å². The quantitative estimate of drug-likeness (QED) is 0.803. The molecule has 0 spiro atoms. The molecule has 0 radical (unpaired) electrons. The molecule has 1 N–H and O–H groups in total. The van der Waals surface area contributed by atoms with Crippen LogP contribution in [0.15, 0.2) is 12.3 Å². The summed E-state index contributed by atoms with van der Waals surface area (Å²) in [5.41, 5.74) is 1.31. The molecule has 0 atom stereocenters. The minimum atomic E-state index is 0.174. The molecular formula is C13H22N2O. The predicted molar refractivity (Wildman–Crippen MR) is 64.3 cm³/mol. The van der Waals surface area contributed by atoms with Crippen LogP contribution >= 0.6 is 0 Å². The maximum absolute atomic E-state index is 9.29. The second kappa shape index (κ2) is 4.58. The Labute approximate surface area is 97.5 Å². The van der Waals surface area contributed by atoms with Crippen molar-refractivity contribution in [2.24, 2.45) is 5.41 Å². The van der Waals surface area contributed by atoms with Crippen LogP contribution in [0, 0.1) is 5.41 Å². The summed E-state index contributed by atoms with van der Waals surface area (Å²) in [7, 11) is 0. The third-order valence-corrected chi connectivity index (χ3v) is 3.83. The molecule has 90 valence electrons. The van der Waals surface area contributed by atoms with E-state index < -0.39 is 0 Å². The molecule has 1 aliphatic carbocycles. The van der Waals surface area contributed by atoms with E-state index in [4.69, 9.17) is 0 Å². The molecule has 0 saturated heterocycles. The van der Waals surface area contributed by atoms with E-state index in [-0.39, 0.29) is 5.41 Å². The van der Waals surface area contributed by atoms with Gasteiger partial charge >= 0.3 is 0 Å². The zero-order valence-corrected chi connectivity index (χ0v) is 10.3. The Morgan fingerprint density at radius 1 is 1.44 bits per heavy atom. The zero-order valence-electron chi connectivity index (χ0n) is 10.3. The van der Waals surface area contributed by atoms with Crippen LogP contribution in [0.2, 0.25) is 0 Å².